The molecule has 0 saturated heterocycles. The largest absolute Gasteiger partial charge is 0.288 e. The molecule has 1 aliphatic rings. The van der Waals surface area contributed by atoms with Crippen LogP contribution in [0.2, 0.25) is 0 Å². The van der Waals surface area contributed by atoms with Gasteiger partial charge in [-0.2, -0.15) is 8.42 Å². The van der Waals surface area contributed by atoms with Gasteiger partial charge in [-0.05, 0) is 49.6 Å². The van der Waals surface area contributed by atoms with Crippen LogP contribution < -0.4 is 5.06 Å². The molecule has 0 bridgehead atoms. The van der Waals surface area contributed by atoms with Crippen LogP contribution in [0.25, 0.3) is 0 Å². The van der Waals surface area contributed by atoms with Gasteiger partial charge in [-0.1, -0.05) is 36.9 Å². The minimum Gasteiger partial charge on any atom is -0.202 e. The Labute approximate surface area is 141 Å². The Morgan fingerprint density at radius 3 is 2.61 bits per heavy atom. The molecule has 4 nitrogen and oxygen atoms in total. The molecule has 0 amide bonds. The summed E-state index contributed by atoms with van der Waals surface area (Å²) in [5.41, 5.74) is 3.73. The predicted octanol–water partition coefficient (Wildman–Crippen LogP) is 4.58. The smallest absolute Gasteiger partial charge is 0.202 e. The molecule has 0 aliphatic carbocycles. The van der Waals surface area contributed by atoms with E-state index in [0.29, 0.717) is 6.42 Å². The molecular formula is C17H19NO3S2. The van der Waals surface area contributed by atoms with Crippen LogP contribution in [0.15, 0.2) is 46.2 Å². The molecule has 0 N–H and O–H groups in total. The van der Waals surface area contributed by atoms with Gasteiger partial charge in [0.05, 0.1) is 17.1 Å². The zero-order chi connectivity index (χ0) is 16.6. The lowest BCUT2D eigenvalue weighted by atomic mass is 10.1. The van der Waals surface area contributed by atoms with Gasteiger partial charge < -0.3 is 0 Å². The number of anilines is 2. The highest BCUT2D eigenvalue weighted by Gasteiger charge is 2.29. The summed E-state index contributed by atoms with van der Waals surface area (Å²) in [4.78, 5) is 2.01. The van der Waals surface area contributed by atoms with Gasteiger partial charge in [-0.25, -0.2) is 5.06 Å². The van der Waals surface area contributed by atoms with E-state index in [-0.39, 0.29) is 5.75 Å². The van der Waals surface area contributed by atoms with Crippen molar-refractivity contribution < 1.29 is 12.7 Å². The highest BCUT2D eigenvalue weighted by molar-refractivity contribution is 7.99. The summed E-state index contributed by atoms with van der Waals surface area (Å²) in [7, 11) is -3.63. The van der Waals surface area contributed by atoms with E-state index >= 15 is 0 Å². The number of rotatable bonds is 4. The minimum atomic E-state index is -3.63. The summed E-state index contributed by atoms with van der Waals surface area (Å²) in [6, 6.07) is 11.7. The van der Waals surface area contributed by atoms with E-state index in [0.717, 1.165) is 32.3 Å². The van der Waals surface area contributed by atoms with Crippen LogP contribution in [0.1, 0.15) is 24.5 Å². The number of hydrogen-bond acceptors (Lipinski definition) is 5. The average molecular weight is 349 g/mol. The Bertz CT molecular complexity index is 847. The summed E-state index contributed by atoms with van der Waals surface area (Å²) in [5.74, 6) is -0.00105. The molecule has 0 radical (unpaired) electrons. The van der Waals surface area contributed by atoms with E-state index in [1.165, 1.54) is 5.06 Å². The van der Waals surface area contributed by atoms with Crippen LogP contribution in [-0.2, 0) is 14.4 Å². The van der Waals surface area contributed by atoms with Crippen molar-refractivity contribution in [3.8, 4) is 0 Å². The van der Waals surface area contributed by atoms with Crippen molar-refractivity contribution in [1.82, 2.24) is 0 Å². The van der Waals surface area contributed by atoms with Gasteiger partial charge in [0.15, 0.2) is 0 Å². The first-order valence-corrected chi connectivity index (χ1v) is 9.91. The van der Waals surface area contributed by atoms with Gasteiger partial charge in [-0.3, -0.25) is 0 Å². The van der Waals surface area contributed by atoms with Crippen molar-refractivity contribution in [3.63, 3.8) is 0 Å². The van der Waals surface area contributed by atoms with E-state index in [9.17, 15) is 8.42 Å². The molecule has 23 heavy (non-hydrogen) atoms. The Morgan fingerprint density at radius 1 is 1.13 bits per heavy atom. The number of aryl methyl sites for hydroxylation is 2. The Hall–Kier alpha value is -1.50. The summed E-state index contributed by atoms with van der Waals surface area (Å²) < 4.78 is 29.9. The monoisotopic (exact) mass is 349 g/mol. The van der Waals surface area contributed by atoms with E-state index in [1.54, 1.807) is 11.8 Å². The second-order valence-electron chi connectivity index (χ2n) is 5.63. The molecule has 0 aromatic heterocycles. The maximum Gasteiger partial charge on any atom is 0.288 e. The summed E-state index contributed by atoms with van der Waals surface area (Å²) >= 11 is 1.64. The van der Waals surface area contributed by atoms with Gasteiger partial charge in [0, 0.05) is 9.79 Å². The van der Waals surface area contributed by atoms with Gasteiger partial charge in [0.25, 0.3) is 10.1 Å². The molecule has 6 heteroatoms. The van der Waals surface area contributed by atoms with Crippen molar-refractivity contribution in [1.29, 1.82) is 0 Å². The predicted molar refractivity (Wildman–Crippen MR) is 93.8 cm³/mol. The van der Waals surface area contributed by atoms with Crippen molar-refractivity contribution in [2.75, 3.05) is 10.8 Å². The summed E-state index contributed by atoms with van der Waals surface area (Å²) in [5, 5.41) is 1.46. The van der Waals surface area contributed by atoms with E-state index in [2.05, 4.69) is 6.07 Å². The second kappa shape index (κ2) is 6.19. The first-order chi connectivity index (χ1) is 10.9. The minimum absolute atomic E-state index is 0.00105. The lowest BCUT2D eigenvalue weighted by Gasteiger charge is -2.31. The van der Waals surface area contributed by atoms with Crippen molar-refractivity contribution in [2.24, 2.45) is 0 Å². The zero-order valence-electron chi connectivity index (χ0n) is 13.4. The second-order valence-corrected chi connectivity index (χ2v) is 8.36. The fourth-order valence-corrected chi connectivity index (χ4v) is 4.70. The van der Waals surface area contributed by atoms with Crippen molar-refractivity contribution in [2.45, 2.75) is 37.0 Å². The molecule has 1 aliphatic heterocycles. The molecule has 3 rings (SSSR count). The van der Waals surface area contributed by atoms with Gasteiger partial charge >= 0.3 is 0 Å². The van der Waals surface area contributed by atoms with Crippen LogP contribution >= 0.6 is 11.8 Å². The normalized spacial score (nSPS) is 13.6. The third kappa shape index (κ3) is 3.24. The lowest BCUT2D eigenvalue weighted by molar-refractivity contribution is 0.319. The first kappa shape index (κ1) is 16.4. The van der Waals surface area contributed by atoms with E-state index < -0.39 is 10.1 Å². The molecule has 1 heterocycles. The standard InChI is InChI=1S/C17H19NO3S2/c1-4-9-23(19,20)21-18-14-7-5-6-8-16(14)22-17-13(3)10-12(2)11-15(17)18/h5-8,10-11H,4,9H2,1-3H3. The zero-order valence-corrected chi connectivity index (χ0v) is 15.0. The van der Waals surface area contributed by atoms with Crippen molar-refractivity contribution in [3.05, 3.63) is 47.5 Å². The average Bonchev–Trinajstić information content (AvgIpc) is 2.48. The Kier molecular flexibility index (Phi) is 4.40. The van der Waals surface area contributed by atoms with Crippen molar-refractivity contribution >= 4 is 33.3 Å². The maximum absolute atomic E-state index is 12.2. The fraction of sp³-hybridized carbons (Fsp3) is 0.294. The van der Waals surface area contributed by atoms with E-state index in [4.69, 9.17) is 4.28 Å². The number of fused-ring (bicyclic) bond motifs is 2. The number of hydrogen-bond donors (Lipinski definition) is 0. The Balaban J connectivity index is 2.15. The van der Waals surface area contributed by atoms with Crippen LogP contribution in [0.4, 0.5) is 11.4 Å². The molecule has 0 fully saturated rings. The quantitative estimate of drug-likeness (QED) is 0.809. The Morgan fingerprint density at radius 2 is 1.87 bits per heavy atom. The summed E-state index contributed by atoms with van der Waals surface area (Å²) in [6.07, 6.45) is 0.520. The third-order valence-corrected chi connectivity index (χ3v) is 6.14. The SMILES string of the molecule is CCCS(=O)(=O)ON1c2ccccc2Sc2c(C)cc(C)cc21. The number of para-hydroxylation sites is 1. The molecular weight excluding hydrogens is 330 g/mol. The molecule has 0 spiro atoms. The number of benzene rings is 2. The first-order valence-electron chi connectivity index (χ1n) is 7.52. The highest BCUT2D eigenvalue weighted by Crippen LogP contribution is 2.50. The van der Waals surface area contributed by atoms with Crippen LogP contribution in [0, 0.1) is 13.8 Å². The third-order valence-electron chi connectivity index (χ3n) is 3.56. The molecule has 2 aromatic rings. The molecule has 0 unspecified atom stereocenters. The van der Waals surface area contributed by atoms with Gasteiger partial charge in [-0.15, -0.1) is 4.28 Å². The van der Waals surface area contributed by atoms with Gasteiger partial charge in [0.2, 0.25) is 0 Å². The van der Waals surface area contributed by atoms with Crippen LogP contribution in [-0.4, -0.2) is 14.2 Å². The fourth-order valence-electron chi connectivity index (χ4n) is 2.65. The number of nitrogens with zero attached hydrogens (tertiary/aromatic N) is 1. The van der Waals surface area contributed by atoms with Gasteiger partial charge in [0.1, 0.15) is 0 Å². The molecule has 2 aromatic carbocycles. The van der Waals surface area contributed by atoms with Crippen LogP contribution in [0.5, 0.6) is 0 Å². The summed E-state index contributed by atoms with van der Waals surface area (Å²) in [6.45, 7) is 5.85. The maximum atomic E-state index is 12.2. The van der Waals surface area contributed by atoms with Crippen LogP contribution in [0.3, 0.4) is 0 Å². The highest BCUT2D eigenvalue weighted by atomic mass is 32.2. The molecule has 122 valence electrons. The van der Waals surface area contributed by atoms with E-state index in [1.807, 2.05) is 51.1 Å². The molecule has 0 atom stereocenters. The topological polar surface area (TPSA) is 46.6 Å². The molecule has 0 saturated carbocycles. The lowest BCUT2D eigenvalue weighted by Crippen LogP contribution is -2.27.